The maximum absolute atomic E-state index is 10.7. The highest BCUT2D eigenvalue weighted by Gasteiger charge is 2.14. The van der Waals surface area contributed by atoms with E-state index in [1.807, 2.05) is 54.9 Å². The molecule has 0 saturated heterocycles. The minimum absolute atomic E-state index is 0.374. The van der Waals surface area contributed by atoms with Crippen molar-refractivity contribution in [3.63, 3.8) is 0 Å². The predicted octanol–water partition coefficient (Wildman–Crippen LogP) is 3.27. The molecule has 0 spiro atoms. The summed E-state index contributed by atoms with van der Waals surface area (Å²) in [5.41, 5.74) is 2.06. The molecule has 0 saturated carbocycles. The number of nitrogens with zero attached hydrogens (tertiary/aromatic N) is 3. The smallest absolute Gasteiger partial charge is 0.190 e. The van der Waals surface area contributed by atoms with E-state index >= 15 is 0 Å². The first-order chi connectivity index (χ1) is 9.67. The van der Waals surface area contributed by atoms with Crippen LogP contribution in [0.4, 0.5) is 16.5 Å². The Balaban J connectivity index is 2.33. The average molecular weight is 307 g/mol. The van der Waals surface area contributed by atoms with E-state index in [0.29, 0.717) is 6.54 Å². The van der Waals surface area contributed by atoms with Crippen LogP contribution in [0.15, 0.2) is 34.7 Å². The summed E-state index contributed by atoms with van der Waals surface area (Å²) in [5, 5.41) is 4.02. The quantitative estimate of drug-likeness (QED) is 0.605. The molecule has 2 aromatic rings. The van der Waals surface area contributed by atoms with Crippen LogP contribution in [0, 0.1) is 0 Å². The van der Waals surface area contributed by atoms with Gasteiger partial charge in [0, 0.05) is 19.5 Å². The molecule has 0 fully saturated rings. The lowest BCUT2D eigenvalue weighted by Crippen LogP contribution is -2.22. The summed E-state index contributed by atoms with van der Waals surface area (Å²) in [7, 11) is 3.91. The van der Waals surface area contributed by atoms with E-state index in [9.17, 15) is 4.79 Å². The van der Waals surface area contributed by atoms with Crippen molar-refractivity contribution in [2.75, 3.05) is 36.7 Å². The van der Waals surface area contributed by atoms with Crippen LogP contribution in [-0.4, -0.2) is 38.2 Å². The molecule has 0 atom stereocenters. The standard InChI is InChI=1S/C14H17N3OS2/c1-16(8-9-18)11-6-4-5-7-12(11)17(2)14-15-13(19-3)10-20-14/h4-7,9-10H,8H2,1-3H3. The topological polar surface area (TPSA) is 36.4 Å². The van der Waals surface area contributed by atoms with Crippen LogP contribution in [0.1, 0.15) is 0 Å². The third-order valence-electron chi connectivity index (χ3n) is 2.97. The molecule has 0 bridgehead atoms. The van der Waals surface area contributed by atoms with Crippen molar-refractivity contribution in [2.45, 2.75) is 5.03 Å². The van der Waals surface area contributed by atoms with Gasteiger partial charge in [-0.15, -0.1) is 23.1 Å². The minimum atomic E-state index is 0.374. The third kappa shape index (κ3) is 3.13. The second-order valence-electron chi connectivity index (χ2n) is 4.27. The van der Waals surface area contributed by atoms with E-state index < -0.39 is 0 Å². The lowest BCUT2D eigenvalue weighted by Gasteiger charge is -2.25. The molecule has 20 heavy (non-hydrogen) atoms. The summed E-state index contributed by atoms with van der Waals surface area (Å²) < 4.78 is 0. The number of likely N-dealkylation sites (N-methyl/N-ethyl adjacent to an activating group) is 1. The zero-order valence-electron chi connectivity index (χ0n) is 11.7. The molecule has 0 aliphatic rings. The number of carbonyl (C=O) groups excluding carboxylic acids is 1. The van der Waals surface area contributed by atoms with Crippen molar-refractivity contribution >= 4 is 45.9 Å². The largest absolute Gasteiger partial charge is 0.366 e. The van der Waals surface area contributed by atoms with Crippen LogP contribution in [0.3, 0.4) is 0 Å². The van der Waals surface area contributed by atoms with Crippen LogP contribution < -0.4 is 9.80 Å². The SMILES string of the molecule is CSc1csc(N(C)c2ccccc2N(C)CC=O)n1. The molecule has 2 rings (SSSR count). The minimum Gasteiger partial charge on any atom is -0.366 e. The number of aldehydes is 1. The van der Waals surface area contributed by atoms with Gasteiger partial charge in [0.05, 0.1) is 17.9 Å². The van der Waals surface area contributed by atoms with Gasteiger partial charge in [-0.2, -0.15) is 0 Å². The number of benzene rings is 1. The lowest BCUT2D eigenvalue weighted by molar-refractivity contribution is -0.106. The van der Waals surface area contributed by atoms with Crippen LogP contribution in [-0.2, 0) is 4.79 Å². The summed E-state index contributed by atoms with van der Waals surface area (Å²) in [6.07, 6.45) is 2.93. The zero-order valence-corrected chi connectivity index (χ0v) is 13.4. The maximum Gasteiger partial charge on any atom is 0.190 e. The molecule has 0 unspecified atom stereocenters. The highest BCUT2D eigenvalue weighted by Crippen LogP contribution is 2.35. The molecule has 6 heteroatoms. The van der Waals surface area contributed by atoms with Crippen molar-refractivity contribution in [3.8, 4) is 0 Å². The highest BCUT2D eigenvalue weighted by molar-refractivity contribution is 7.98. The maximum atomic E-state index is 10.7. The van der Waals surface area contributed by atoms with Gasteiger partial charge in [0.25, 0.3) is 0 Å². The second kappa shape index (κ2) is 6.76. The van der Waals surface area contributed by atoms with Gasteiger partial charge in [-0.1, -0.05) is 12.1 Å². The normalized spacial score (nSPS) is 10.3. The number of hydrogen-bond acceptors (Lipinski definition) is 6. The Bertz CT molecular complexity index is 585. The number of hydrogen-bond donors (Lipinski definition) is 0. The fourth-order valence-corrected chi connectivity index (χ4v) is 3.31. The Kier molecular flexibility index (Phi) is 5.03. The molecule has 0 amide bonds. The highest BCUT2D eigenvalue weighted by atomic mass is 32.2. The predicted molar refractivity (Wildman–Crippen MR) is 87.7 cm³/mol. The van der Waals surface area contributed by atoms with Gasteiger partial charge in [-0.25, -0.2) is 4.98 Å². The van der Waals surface area contributed by atoms with E-state index in [1.165, 1.54) is 0 Å². The van der Waals surface area contributed by atoms with Gasteiger partial charge < -0.3 is 14.6 Å². The van der Waals surface area contributed by atoms with Gasteiger partial charge in [-0.05, 0) is 18.4 Å². The molecular formula is C14H17N3OS2. The molecular weight excluding hydrogens is 290 g/mol. The Morgan fingerprint density at radius 1 is 1.30 bits per heavy atom. The van der Waals surface area contributed by atoms with Crippen molar-refractivity contribution in [1.82, 2.24) is 4.98 Å². The van der Waals surface area contributed by atoms with Crippen molar-refractivity contribution in [1.29, 1.82) is 0 Å². The number of rotatable bonds is 6. The Morgan fingerprint density at radius 2 is 2.00 bits per heavy atom. The van der Waals surface area contributed by atoms with E-state index in [1.54, 1.807) is 23.1 Å². The molecule has 0 aliphatic heterocycles. The van der Waals surface area contributed by atoms with Gasteiger partial charge in [0.15, 0.2) is 5.13 Å². The molecule has 0 N–H and O–H groups in total. The first kappa shape index (κ1) is 14.9. The average Bonchev–Trinajstić information content (AvgIpc) is 2.95. The van der Waals surface area contributed by atoms with Crippen molar-refractivity contribution < 1.29 is 4.79 Å². The number of carbonyl (C=O) groups is 1. The van der Waals surface area contributed by atoms with Crippen LogP contribution in [0.5, 0.6) is 0 Å². The van der Waals surface area contributed by atoms with Crippen LogP contribution >= 0.6 is 23.1 Å². The second-order valence-corrected chi connectivity index (χ2v) is 5.93. The number of anilines is 3. The first-order valence-electron chi connectivity index (χ1n) is 6.14. The summed E-state index contributed by atoms with van der Waals surface area (Å²) >= 11 is 3.25. The van der Waals surface area contributed by atoms with Gasteiger partial charge in [0.1, 0.15) is 11.3 Å². The number of aromatic nitrogens is 1. The summed E-state index contributed by atoms with van der Waals surface area (Å²) in [6, 6.07) is 8.02. The summed E-state index contributed by atoms with van der Waals surface area (Å²) in [6.45, 7) is 0.374. The molecule has 106 valence electrons. The summed E-state index contributed by atoms with van der Waals surface area (Å²) in [5.74, 6) is 0. The fourth-order valence-electron chi connectivity index (χ4n) is 1.88. The zero-order chi connectivity index (χ0) is 14.5. The molecule has 1 aromatic carbocycles. The Labute approximate surface area is 127 Å². The molecule has 0 aliphatic carbocycles. The van der Waals surface area contributed by atoms with Crippen LogP contribution in [0.2, 0.25) is 0 Å². The molecule has 1 aromatic heterocycles. The third-order valence-corrected chi connectivity index (χ3v) is 4.66. The van der Waals surface area contributed by atoms with Crippen LogP contribution in [0.25, 0.3) is 0 Å². The van der Waals surface area contributed by atoms with E-state index in [-0.39, 0.29) is 0 Å². The summed E-state index contributed by atoms with van der Waals surface area (Å²) in [4.78, 5) is 19.3. The molecule has 1 heterocycles. The van der Waals surface area contributed by atoms with E-state index in [0.717, 1.165) is 27.8 Å². The first-order valence-corrected chi connectivity index (χ1v) is 8.25. The van der Waals surface area contributed by atoms with E-state index in [2.05, 4.69) is 9.88 Å². The monoisotopic (exact) mass is 307 g/mol. The van der Waals surface area contributed by atoms with Crippen molar-refractivity contribution in [2.24, 2.45) is 0 Å². The van der Waals surface area contributed by atoms with E-state index in [4.69, 9.17) is 0 Å². The number of para-hydroxylation sites is 2. The molecule has 0 radical (unpaired) electrons. The Morgan fingerprint density at radius 3 is 2.60 bits per heavy atom. The van der Waals surface area contributed by atoms with Gasteiger partial charge in [0.2, 0.25) is 0 Å². The van der Waals surface area contributed by atoms with Crippen molar-refractivity contribution in [3.05, 3.63) is 29.6 Å². The molecule has 4 nitrogen and oxygen atoms in total. The fraction of sp³-hybridized carbons (Fsp3) is 0.286. The lowest BCUT2D eigenvalue weighted by atomic mass is 10.2. The Hall–Kier alpha value is -1.53. The number of thiazole rings is 1. The van der Waals surface area contributed by atoms with Gasteiger partial charge in [-0.3, -0.25) is 0 Å². The van der Waals surface area contributed by atoms with Gasteiger partial charge >= 0.3 is 0 Å². The number of thioether (sulfide) groups is 1.